The van der Waals surface area contributed by atoms with Crippen molar-refractivity contribution in [3.63, 3.8) is 0 Å². The molecular weight excluding hydrogens is 322 g/mol. The zero-order valence-electron chi connectivity index (χ0n) is 15.5. The Balaban J connectivity index is 2.85. The average molecular weight is 352 g/mol. The van der Waals surface area contributed by atoms with E-state index >= 15 is 0 Å². The molecule has 0 aliphatic heterocycles. The number of amides is 1. The molecule has 0 radical (unpaired) electrons. The summed E-state index contributed by atoms with van der Waals surface area (Å²) in [5, 5.41) is 4.53. The van der Waals surface area contributed by atoms with Crippen LogP contribution in [0.3, 0.4) is 0 Å². The van der Waals surface area contributed by atoms with Crippen molar-refractivity contribution < 1.29 is 13.7 Å². The van der Waals surface area contributed by atoms with Crippen molar-refractivity contribution in [2.45, 2.75) is 53.2 Å². The third kappa shape index (κ3) is 8.87. The topological polar surface area (TPSA) is 55.4 Å². The van der Waals surface area contributed by atoms with Crippen molar-refractivity contribution in [3.05, 3.63) is 47.4 Å². The Bertz CT molecular complexity index is 583. The maximum Gasteiger partial charge on any atom is 0.408 e. The van der Waals surface area contributed by atoms with Gasteiger partial charge in [-0.3, -0.25) is 4.21 Å². The van der Waals surface area contributed by atoms with E-state index in [2.05, 4.69) is 5.32 Å². The molecule has 4 nitrogen and oxygen atoms in total. The Labute approximate surface area is 148 Å². The number of alkyl carbamates (subject to hydrolysis) is 1. The number of allylic oxidation sites excluding steroid dienone is 1. The van der Waals surface area contributed by atoms with Gasteiger partial charge in [-0.1, -0.05) is 57.2 Å². The molecule has 0 aromatic heterocycles. The molecule has 0 fully saturated rings. The van der Waals surface area contributed by atoms with Gasteiger partial charge in [-0.25, -0.2) is 4.79 Å². The minimum Gasteiger partial charge on any atom is -0.444 e. The van der Waals surface area contributed by atoms with Crippen LogP contribution in [0, 0.1) is 5.41 Å². The van der Waals surface area contributed by atoms with Gasteiger partial charge in [-0.2, -0.15) is 0 Å². The second kappa shape index (κ2) is 8.47. The van der Waals surface area contributed by atoms with E-state index < -0.39 is 22.5 Å². The molecule has 2 atom stereocenters. The summed E-state index contributed by atoms with van der Waals surface area (Å²) in [6.45, 7) is 11.6. The molecule has 24 heavy (non-hydrogen) atoms. The lowest BCUT2D eigenvalue weighted by Gasteiger charge is -2.23. The summed E-state index contributed by atoms with van der Waals surface area (Å²) in [6, 6.07) is 9.15. The van der Waals surface area contributed by atoms with Crippen LogP contribution in [0.15, 0.2) is 41.8 Å². The first-order valence-corrected chi connectivity index (χ1v) is 9.45. The van der Waals surface area contributed by atoms with E-state index in [-0.39, 0.29) is 11.5 Å². The lowest BCUT2D eigenvalue weighted by Crippen LogP contribution is -2.36. The van der Waals surface area contributed by atoms with Crippen LogP contribution in [0.2, 0.25) is 0 Å². The molecule has 1 aromatic carbocycles. The van der Waals surface area contributed by atoms with Crippen LogP contribution < -0.4 is 5.32 Å². The summed E-state index contributed by atoms with van der Waals surface area (Å²) in [6.07, 6.45) is 1.42. The molecule has 1 amide bonds. The number of carbonyl (C=O) groups is 1. The fourth-order valence-corrected chi connectivity index (χ4v) is 3.13. The Hall–Kier alpha value is -1.62. The highest BCUT2D eigenvalue weighted by molar-refractivity contribution is 7.88. The second-order valence-corrected chi connectivity index (χ2v) is 9.19. The van der Waals surface area contributed by atoms with Crippen molar-refractivity contribution in [1.82, 2.24) is 5.32 Å². The van der Waals surface area contributed by atoms with E-state index in [0.717, 1.165) is 5.56 Å². The number of benzene rings is 1. The molecule has 5 heteroatoms. The molecule has 0 aliphatic rings. The monoisotopic (exact) mass is 351 g/mol. The van der Waals surface area contributed by atoms with Crippen molar-refractivity contribution in [2.75, 3.05) is 5.75 Å². The van der Waals surface area contributed by atoms with Crippen molar-refractivity contribution in [1.29, 1.82) is 0 Å². The maximum absolute atomic E-state index is 12.4. The third-order valence-corrected chi connectivity index (χ3v) is 4.05. The zero-order chi connectivity index (χ0) is 18.4. The molecule has 0 unspecified atom stereocenters. The summed E-state index contributed by atoms with van der Waals surface area (Å²) in [7, 11) is -1.19. The number of hydrogen-bond donors (Lipinski definition) is 1. The van der Waals surface area contributed by atoms with Gasteiger partial charge in [0.25, 0.3) is 0 Å². The predicted octanol–water partition coefficient (Wildman–Crippen LogP) is 4.56. The van der Waals surface area contributed by atoms with Crippen molar-refractivity contribution >= 4 is 16.9 Å². The van der Waals surface area contributed by atoms with Gasteiger partial charge >= 0.3 is 6.09 Å². The summed E-state index contributed by atoms with van der Waals surface area (Å²) in [5.41, 5.74) is 0.300. The Kier molecular flexibility index (Phi) is 7.21. The van der Waals surface area contributed by atoms with Crippen molar-refractivity contribution in [3.8, 4) is 0 Å². The maximum atomic E-state index is 12.4. The highest BCUT2D eigenvalue weighted by Crippen LogP contribution is 2.18. The van der Waals surface area contributed by atoms with Crippen LogP contribution in [0.1, 0.15) is 53.1 Å². The van der Waals surface area contributed by atoms with Crippen LogP contribution in [-0.4, -0.2) is 21.7 Å². The van der Waals surface area contributed by atoms with E-state index in [0.29, 0.717) is 5.75 Å². The lowest BCUT2D eigenvalue weighted by molar-refractivity contribution is 0.0509. The molecule has 0 spiro atoms. The first kappa shape index (κ1) is 20.4. The lowest BCUT2D eigenvalue weighted by atomic mass is 9.98. The molecule has 1 N–H and O–H groups in total. The van der Waals surface area contributed by atoms with Gasteiger partial charge in [-0.05, 0) is 37.2 Å². The third-order valence-electron chi connectivity index (χ3n) is 2.94. The minimum absolute atomic E-state index is 0.0313. The SMILES string of the molecule is CC(C)(C)/C=C/[S@@](=O)C[C@H](NC(=O)OC(C)(C)C)c1ccccc1. The Morgan fingerprint density at radius 3 is 2.25 bits per heavy atom. The fraction of sp³-hybridized carbons (Fsp3) is 0.526. The normalized spacial score (nSPS) is 15.1. The molecule has 134 valence electrons. The first-order chi connectivity index (χ1) is 11.0. The summed E-state index contributed by atoms with van der Waals surface area (Å²) < 4.78 is 17.7. The molecule has 1 aromatic rings. The van der Waals surface area contributed by atoms with Crippen LogP contribution >= 0.6 is 0 Å². The highest BCUT2D eigenvalue weighted by Gasteiger charge is 2.21. The van der Waals surface area contributed by atoms with E-state index in [9.17, 15) is 9.00 Å². The van der Waals surface area contributed by atoms with E-state index in [4.69, 9.17) is 4.74 Å². The predicted molar refractivity (Wildman–Crippen MR) is 100 cm³/mol. The zero-order valence-corrected chi connectivity index (χ0v) is 16.3. The molecule has 0 aliphatic carbocycles. The molecular formula is C19H29NO3S. The Morgan fingerprint density at radius 1 is 1.17 bits per heavy atom. The van der Waals surface area contributed by atoms with Gasteiger partial charge in [0.05, 0.1) is 11.8 Å². The molecule has 0 saturated carbocycles. The average Bonchev–Trinajstić information content (AvgIpc) is 2.42. The number of hydrogen-bond acceptors (Lipinski definition) is 3. The van der Waals surface area contributed by atoms with E-state index in [1.54, 1.807) is 5.41 Å². The highest BCUT2D eigenvalue weighted by atomic mass is 32.2. The van der Waals surface area contributed by atoms with Crippen LogP contribution in [0.4, 0.5) is 4.79 Å². The van der Waals surface area contributed by atoms with Gasteiger partial charge in [0.1, 0.15) is 5.60 Å². The van der Waals surface area contributed by atoms with Gasteiger partial charge in [0.2, 0.25) is 0 Å². The smallest absolute Gasteiger partial charge is 0.408 e. The second-order valence-electron chi connectivity index (χ2n) is 7.83. The van der Waals surface area contributed by atoms with Gasteiger partial charge in [0, 0.05) is 10.8 Å². The first-order valence-electron chi connectivity index (χ1n) is 8.07. The van der Waals surface area contributed by atoms with Gasteiger partial charge < -0.3 is 10.1 Å². The number of nitrogens with one attached hydrogen (secondary N) is 1. The summed E-state index contributed by atoms with van der Waals surface area (Å²) >= 11 is 0. The van der Waals surface area contributed by atoms with Crippen molar-refractivity contribution in [2.24, 2.45) is 5.41 Å². The standard InChI is InChI=1S/C19H29NO3S/c1-18(2,3)12-13-24(22)14-16(15-10-8-7-9-11-15)20-17(21)23-19(4,5)6/h7-13,16H,14H2,1-6H3,(H,20,21)/b13-12+/t16-,24+/m0/s1. The fourth-order valence-electron chi connectivity index (χ4n) is 1.86. The van der Waals surface area contributed by atoms with E-state index in [1.165, 1.54) is 0 Å². The van der Waals surface area contributed by atoms with Gasteiger partial charge in [-0.15, -0.1) is 0 Å². The number of ether oxygens (including phenoxy) is 1. The number of carbonyl (C=O) groups excluding carboxylic acids is 1. The minimum atomic E-state index is -1.19. The molecule has 0 saturated heterocycles. The summed E-state index contributed by atoms with van der Waals surface area (Å²) in [4.78, 5) is 12.1. The van der Waals surface area contributed by atoms with Gasteiger partial charge in [0.15, 0.2) is 0 Å². The van der Waals surface area contributed by atoms with Crippen LogP contribution in [-0.2, 0) is 15.5 Å². The molecule has 1 rings (SSSR count). The molecule has 0 heterocycles. The Morgan fingerprint density at radius 2 is 1.75 bits per heavy atom. The van der Waals surface area contributed by atoms with Crippen LogP contribution in [0.5, 0.6) is 0 Å². The van der Waals surface area contributed by atoms with E-state index in [1.807, 2.05) is 78.0 Å². The molecule has 0 bridgehead atoms. The largest absolute Gasteiger partial charge is 0.444 e. The quantitative estimate of drug-likeness (QED) is 0.846. The summed E-state index contributed by atoms with van der Waals surface area (Å²) in [5.74, 6) is 0.301. The van der Waals surface area contributed by atoms with Crippen LogP contribution in [0.25, 0.3) is 0 Å². The number of rotatable bonds is 5.